The lowest BCUT2D eigenvalue weighted by atomic mass is 9.66. The third-order valence-electron chi connectivity index (χ3n) is 6.70. The molecular weight excluding hydrogens is 368 g/mol. The monoisotopic (exact) mass is 392 g/mol. The number of rotatable bonds is 4. The van der Waals surface area contributed by atoms with E-state index >= 15 is 0 Å². The highest BCUT2D eigenvalue weighted by atomic mass is 32.1. The number of ether oxygens (including phenoxy) is 1. The first-order valence-corrected chi connectivity index (χ1v) is 11.0. The number of piperidine rings is 3. The van der Waals surface area contributed by atoms with Gasteiger partial charge in [0.15, 0.2) is 0 Å². The van der Waals surface area contributed by atoms with Crippen LogP contribution in [0.15, 0.2) is 42.7 Å². The molecule has 3 aliphatic heterocycles. The zero-order valence-electron chi connectivity index (χ0n) is 16.0. The van der Waals surface area contributed by atoms with E-state index in [4.69, 9.17) is 4.74 Å². The number of benzene rings is 1. The van der Waals surface area contributed by atoms with Crippen molar-refractivity contribution in [3.63, 3.8) is 0 Å². The lowest BCUT2D eigenvalue weighted by Gasteiger charge is -2.55. The maximum absolute atomic E-state index is 6.48. The van der Waals surface area contributed by atoms with Crippen molar-refractivity contribution in [3.05, 3.63) is 48.4 Å². The van der Waals surface area contributed by atoms with Crippen LogP contribution < -0.4 is 4.74 Å². The number of nitrogens with zero attached hydrogens (tertiary/aromatic N) is 4. The van der Waals surface area contributed by atoms with E-state index in [1.165, 1.54) is 32.5 Å². The van der Waals surface area contributed by atoms with Gasteiger partial charge in [-0.15, -0.1) is 0 Å². The van der Waals surface area contributed by atoms with Gasteiger partial charge < -0.3 is 9.64 Å². The van der Waals surface area contributed by atoms with Gasteiger partial charge in [-0.1, -0.05) is 29.5 Å². The molecule has 0 amide bonds. The van der Waals surface area contributed by atoms with E-state index in [1.807, 2.05) is 35.3 Å². The molecule has 1 aliphatic carbocycles. The highest BCUT2D eigenvalue weighted by molar-refractivity contribution is 7.16. The molecule has 4 fully saturated rings. The highest BCUT2D eigenvalue weighted by Gasteiger charge is 2.48. The van der Waals surface area contributed by atoms with Crippen molar-refractivity contribution in [2.24, 2.45) is 17.8 Å². The number of para-hydroxylation sites is 1. The summed E-state index contributed by atoms with van der Waals surface area (Å²) in [4.78, 5) is 8.38. The Morgan fingerprint density at radius 1 is 1.04 bits per heavy atom. The molecule has 3 aromatic rings. The van der Waals surface area contributed by atoms with E-state index in [2.05, 4.69) is 34.0 Å². The van der Waals surface area contributed by atoms with Crippen molar-refractivity contribution >= 4 is 11.3 Å². The van der Waals surface area contributed by atoms with E-state index in [1.54, 1.807) is 11.3 Å². The van der Waals surface area contributed by atoms with Gasteiger partial charge in [-0.3, -0.25) is 0 Å². The van der Waals surface area contributed by atoms with Gasteiger partial charge in [-0.2, -0.15) is 5.10 Å². The van der Waals surface area contributed by atoms with Gasteiger partial charge in [0.05, 0.1) is 16.8 Å². The summed E-state index contributed by atoms with van der Waals surface area (Å²) in [5.41, 5.74) is 3.34. The maximum atomic E-state index is 6.48. The average molecular weight is 393 g/mol. The Kier molecular flexibility index (Phi) is 3.84. The minimum absolute atomic E-state index is 0.347. The molecule has 2 atom stereocenters. The van der Waals surface area contributed by atoms with Crippen LogP contribution in [0.1, 0.15) is 18.5 Å². The fourth-order valence-electron chi connectivity index (χ4n) is 5.59. The second-order valence-corrected chi connectivity index (χ2v) is 9.53. The largest absolute Gasteiger partial charge is 0.466 e. The second-order valence-electron chi connectivity index (χ2n) is 8.54. The van der Waals surface area contributed by atoms with Crippen LogP contribution in [0.4, 0.5) is 0 Å². The van der Waals surface area contributed by atoms with Crippen molar-refractivity contribution < 1.29 is 4.74 Å². The van der Waals surface area contributed by atoms with E-state index in [0.717, 1.165) is 32.9 Å². The summed E-state index contributed by atoms with van der Waals surface area (Å²) in [6.45, 7) is 5.84. The van der Waals surface area contributed by atoms with Crippen LogP contribution in [0, 0.1) is 24.7 Å². The van der Waals surface area contributed by atoms with E-state index < -0.39 is 0 Å². The summed E-state index contributed by atoms with van der Waals surface area (Å²) >= 11 is 1.65. The molecule has 0 spiro atoms. The summed E-state index contributed by atoms with van der Waals surface area (Å²) in [5, 5.41) is 5.41. The maximum Gasteiger partial charge on any atom is 0.274 e. The number of hydrogen-bond acceptors (Lipinski definition) is 5. The first-order valence-electron chi connectivity index (χ1n) is 10.2. The predicted octanol–water partition coefficient (Wildman–Crippen LogP) is 4.02. The van der Waals surface area contributed by atoms with Crippen molar-refractivity contribution in [1.29, 1.82) is 0 Å². The molecule has 5 nitrogen and oxygen atoms in total. The van der Waals surface area contributed by atoms with Gasteiger partial charge in [0, 0.05) is 48.9 Å². The molecule has 2 aromatic heterocycles. The Hall–Kier alpha value is -2.18. The zero-order chi connectivity index (χ0) is 18.7. The Labute approximate surface area is 169 Å². The number of aromatic nitrogens is 3. The van der Waals surface area contributed by atoms with E-state index in [0.29, 0.717) is 17.9 Å². The van der Waals surface area contributed by atoms with Crippen LogP contribution in [-0.4, -0.2) is 45.4 Å². The quantitative estimate of drug-likeness (QED) is 0.673. The molecule has 7 rings (SSSR count). The second kappa shape index (κ2) is 6.42. The van der Waals surface area contributed by atoms with Crippen molar-refractivity contribution in [2.75, 3.05) is 19.6 Å². The third-order valence-corrected chi connectivity index (χ3v) is 7.62. The van der Waals surface area contributed by atoms with Gasteiger partial charge in [-0.05, 0) is 37.8 Å². The first-order chi connectivity index (χ1) is 13.7. The van der Waals surface area contributed by atoms with Gasteiger partial charge in [0.25, 0.3) is 5.19 Å². The van der Waals surface area contributed by atoms with Crippen LogP contribution in [0.5, 0.6) is 5.19 Å². The zero-order valence-corrected chi connectivity index (χ0v) is 16.8. The van der Waals surface area contributed by atoms with Crippen LogP contribution in [0.2, 0.25) is 0 Å². The fourth-order valence-corrected chi connectivity index (χ4v) is 6.46. The molecule has 4 aliphatic rings. The topological polar surface area (TPSA) is 43.2 Å². The van der Waals surface area contributed by atoms with Gasteiger partial charge >= 0.3 is 0 Å². The summed E-state index contributed by atoms with van der Waals surface area (Å²) in [6.07, 6.45) is 6.90. The fraction of sp³-hybridized carbons (Fsp3) is 0.455. The molecule has 1 saturated carbocycles. The molecule has 28 heavy (non-hydrogen) atoms. The number of hydrogen-bond donors (Lipinski definition) is 0. The molecular formula is C22H24N4OS. The lowest BCUT2D eigenvalue weighted by Crippen LogP contribution is -2.61. The van der Waals surface area contributed by atoms with E-state index in [9.17, 15) is 0 Å². The average Bonchev–Trinajstić information content (AvgIpc) is 3.31. The van der Waals surface area contributed by atoms with Crippen molar-refractivity contribution in [3.8, 4) is 21.3 Å². The van der Waals surface area contributed by atoms with Gasteiger partial charge in [0.2, 0.25) is 0 Å². The Balaban J connectivity index is 1.24. The minimum atomic E-state index is 0.347. The summed E-state index contributed by atoms with van der Waals surface area (Å²) < 4.78 is 8.47. The Morgan fingerprint density at radius 3 is 2.57 bits per heavy atom. The lowest BCUT2D eigenvalue weighted by molar-refractivity contribution is -0.0985. The molecule has 144 valence electrons. The molecule has 1 aromatic carbocycles. The molecule has 5 heterocycles. The molecule has 0 radical (unpaired) electrons. The molecule has 4 bridgehead atoms. The van der Waals surface area contributed by atoms with E-state index in [-0.39, 0.29) is 0 Å². The molecule has 6 heteroatoms. The predicted molar refractivity (Wildman–Crippen MR) is 110 cm³/mol. The van der Waals surface area contributed by atoms with Gasteiger partial charge in [0.1, 0.15) is 6.10 Å². The van der Waals surface area contributed by atoms with Crippen LogP contribution in [-0.2, 0) is 0 Å². The molecule has 3 saturated heterocycles. The van der Waals surface area contributed by atoms with Gasteiger partial charge in [-0.25, -0.2) is 9.67 Å². The smallest absolute Gasteiger partial charge is 0.274 e. The highest BCUT2D eigenvalue weighted by Crippen LogP contribution is 2.45. The van der Waals surface area contributed by atoms with Crippen LogP contribution >= 0.6 is 11.3 Å². The summed E-state index contributed by atoms with van der Waals surface area (Å²) in [5.74, 6) is 2.26. The SMILES string of the molecule is Cc1c(-c2cnc(OC3[C@H]4CC5C[C@H]3CN(C5)C4)s2)cnn1-c1ccccc1. The third kappa shape index (κ3) is 2.70. The standard InChI is InChI=1S/C22H24N4OS/c1-14-19(9-24-26(14)18-5-3-2-4-6-18)20-10-23-22(28-20)27-21-16-7-15-8-17(21)13-25(11-15)12-16/h2-6,9-10,15-17,21H,7-8,11-13H2,1H3/t15?,16-,17-,21?/m0/s1. The normalized spacial score (nSPS) is 30.7. The summed E-state index contributed by atoms with van der Waals surface area (Å²) in [6, 6.07) is 10.3. The van der Waals surface area contributed by atoms with Crippen LogP contribution in [0.3, 0.4) is 0 Å². The molecule has 0 unspecified atom stereocenters. The Morgan fingerprint density at radius 2 is 1.82 bits per heavy atom. The first kappa shape index (κ1) is 16.7. The number of thiazole rings is 1. The summed E-state index contributed by atoms with van der Waals surface area (Å²) in [7, 11) is 0. The Bertz CT molecular complexity index is 967. The van der Waals surface area contributed by atoms with Crippen molar-refractivity contribution in [2.45, 2.75) is 25.9 Å². The van der Waals surface area contributed by atoms with Crippen LogP contribution in [0.25, 0.3) is 16.1 Å². The van der Waals surface area contributed by atoms with Crippen molar-refractivity contribution in [1.82, 2.24) is 19.7 Å². The minimum Gasteiger partial charge on any atom is -0.466 e. The molecule has 0 N–H and O–H groups in total.